The van der Waals surface area contributed by atoms with Crippen LogP contribution in [0.3, 0.4) is 0 Å². The van der Waals surface area contributed by atoms with E-state index in [-0.39, 0.29) is 12.7 Å². The number of aliphatic hydroxyl groups is 1. The van der Waals surface area contributed by atoms with E-state index in [4.69, 9.17) is 4.74 Å². The number of hydrogen-bond acceptors (Lipinski definition) is 6. The third-order valence-corrected chi connectivity index (χ3v) is 6.83. The number of rotatable bonds is 11. The normalized spacial score (nSPS) is 11.9. The summed E-state index contributed by atoms with van der Waals surface area (Å²) in [6, 6.07) is 22.2. The van der Waals surface area contributed by atoms with E-state index in [1.54, 1.807) is 23.5 Å². The topological polar surface area (TPSA) is 55.8 Å². The summed E-state index contributed by atoms with van der Waals surface area (Å²) in [6.45, 7) is -0.103. The van der Waals surface area contributed by atoms with E-state index in [0.29, 0.717) is 11.5 Å². The second-order valence-corrected chi connectivity index (χ2v) is 8.98. The zero-order chi connectivity index (χ0) is 21.2. The van der Waals surface area contributed by atoms with Crippen LogP contribution < -0.4 is 4.74 Å². The number of ether oxygens (including phenoxy) is 2. The van der Waals surface area contributed by atoms with Crippen LogP contribution in [0, 0.1) is 0 Å². The molecular formula is C24H26O4S2. The van der Waals surface area contributed by atoms with Crippen molar-refractivity contribution in [3.05, 3.63) is 72.3 Å². The van der Waals surface area contributed by atoms with Crippen molar-refractivity contribution in [1.82, 2.24) is 0 Å². The minimum absolute atomic E-state index is 0.103. The standard InChI is InChI=1S/C24H26O4S2/c1-27-24(26)15-28-23-12-6-10-21-18(7-5-11-22(21)23)13-14-29-16-19(25)17-30-20-8-3-2-4-9-20/h2-12,19,25H,13-17H2,1H3. The van der Waals surface area contributed by atoms with E-state index in [0.717, 1.165) is 28.7 Å². The summed E-state index contributed by atoms with van der Waals surface area (Å²) in [5.41, 5.74) is 1.23. The van der Waals surface area contributed by atoms with Crippen LogP contribution in [0.1, 0.15) is 5.56 Å². The molecule has 0 heterocycles. The summed E-state index contributed by atoms with van der Waals surface area (Å²) < 4.78 is 10.3. The first-order valence-corrected chi connectivity index (χ1v) is 12.0. The lowest BCUT2D eigenvalue weighted by atomic mass is 10.0. The monoisotopic (exact) mass is 442 g/mol. The average Bonchev–Trinajstić information content (AvgIpc) is 2.79. The van der Waals surface area contributed by atoms with Crippen molar-refractivity contribution in [3.63, 3.8) is 0 Å². The Bertz CT molecular complexity index is 946. The van der Waals surface area contributed by atoms with E-state index in [1.165, 1.54) is 17.6 Å². The third-order valence-electron chi connectivity index (χ3n) is 4.56. The quantitative estimate of drug-likeness (QED) is 0.261. The molecule has 0 fully saturated rings. The van der Waals surface area contributed by atoms with Crippen LogP contribution in [-0.2, 0) is 16.0 Å². The van der Waals surface area contributed by atoms with Crippen molar-refractivity contribution in [1.29, 1.82) is 0 Å². The molecule has 3 aromatic rings. The summed E-state index contributed by atoms with van der Waals surface area (Å²) in [5, 5.41) is 12.4. The van der Waals surface area contributed by atoms with Gasteiger partial charge in [0.05, 0.1) is 13.2 Å². The molecule has 0 spiro atoms. The van der Waals surface area contributed by atoms with Gasteiger partial charge in [-0.1, -0.05) is 48.5 Å². The molecule has 0 bridgehead atoms. The largest absolute Gasteiger partial charge is 0.481 e. The first-order chi connectivity index (χ1) is 14.7. The van der Waals surface area contributed by atoms with Gasteiger partial charge in [0.25, 0.3) is 0 Å². The van der Waals surface area contributed by atoms with Crippen LogP contribution in [-0.4, -0.2) is 48.2 Å². The van der Waals surface area contributed by atoms with Crippen molar-refractivity contribution in [2.45, 2.75) is 17.4 Å². The average molecular weight is 443 g/mol. The Morgan fingerprint density at radius 3 is 2.53 bits per heavy atom. The summed E-state index contributed by atoms with van der Waals surface area (Å²) in [4.78, 5) is 12.6. The number of hydrogen-bond donors (Lipinski definition) is 1. The molecule has 158 valence electrons. The molecular weight excluding hydrogens is 416 g/mol. The molecule has 6 heteroatoms. The molecule has 0 saturated carbocycles. The molecule has 3 aromatic carbocycles. The molecule has 0 aliphatic heterocycles. The molecule has 0 saturated heterocycles. The van der Waals surface area contributed by atoms with Crippen LogP contribution >= 0.6 is 23.5 Å². The summed E-state index contributed by atoms with van der Waals surface area (Å²) in [5.74, 6) is 2.63. The second-order valence-electron chi connectivity index (χ2n) is 6.74. The van der Waals surface area contributed by atoms with Crippen LogP contribution in [0.25, 0.3) is 10.8 Å². The molecule has 0 amide bonds. The fourth-order valence-electron chi connectivity index (χ4n) is 3.04. The number of fused-ring (bicyclic) bond motifs is 1. The van der Waals surface area contributed by atoms with E-state index in [9.17, 15) is 9.90 Å². The lowest BCUT2D eigenvalue weighted by Gasteiger charge is -2.12. The predicted octanol–water partition coefficient (Wildman–Crippen LogP) is 4.82. The van der Waals surface area contributed by atoms with Gasteiger partial charge in [0.15, 0.2) is 6.61 Å². The highest BCUT2D eigenvalue weighted by Crippen LogP contribution is 2.29. The lowest BCUT2D eigenvalue weighted by molar-refractivity contribution is -0.142. The highest BCUT2D eigenvalue weighted by molar-refractivity contribution is 8.00. The van der Waals surface area contributed by atoms with Gasteiger partial charge >= 0.3 is 5.97 Å². The zero-order valence-electron chi connectivity index (χ0n) is 17.0. The van der Waals surface area contributed by atoms with Crippen LogP contribution in [0.2, 0.25) is 0 Å². The summed E-state index contributed by atoms with van der Waals surface area (Å²) >= 11 is 3.45. The Kier molecular flexibility index (Phi) is 8.93. The second kappa shape index (κ2) is 11.9. The lowest BCUT2D eigenvalue weighted by Crippen LogP contribution is -2.13. The Morgan fingerprint density at radius 1 is 0.967 bits per heavy atom. The van der Waals surface area contributed by atoms with Crippen molar-refractivity contribution in [3.8, 4) is 5.75 Å². The molecule has 1 unspecified atom stereocenters. The third kappa shape index (κ3) is 6.69. The highest BCUT2D eigenvalue weighted by atomic mass is 32.2. The minimum Gasteiger partial charge on any atom is -0.481 e. The summed E-state index contributed by atoms with van der Waals surface area (Å²) in [6.07, 6.45) is 0.576. The van der Waals surface area contributed by atoms with Gasteiger partial charge in [-0.2, -0.15) is 11.8 Å². The van der Waals surface area contributed by atoms with E-state index in [1.807, 2.05) is 42.5 Å². The zero-order valence-corrected chi connectivity index (χ0v) is 18.6. The minimum atomic E-state index is -0.399. The number of carbonyl (C=O) groups excluding carboxylic acids is 1. The van der Waals surface area contributed by atoms with Crippen molar-refractivity contribution in [2.24, 2.45) is 0 Å². The number of esters is 1. The Balaban J connectivity index is 1.50. The molecule has 0 aromatic heterocycles. The Hall–Kier alpha value is -2.15. The van der Waals surface area contributed by atoms with Gasteiger partial charge in [0, 0.05) is 21.8 Å². The van der Waals surface area contributed by atoms with Crippen LogP contribution in [0.15, 0.2) is 71.6 Å². The van der Waals surface area contributed by atoms with Crippen LogP contribution in [0.4, 0.5) is 0 Å². The maximum atomic E-state index is 11.4. The van der Waals surface area contributed by atoms with Gasteiger partial charge in [0.1, 0.15) is 5.75 Å². The van der Waals surface area contributed by atoms with Crippen molar-refractivity contribution < 1.29 is 19.4 Å². The van der Waals surface area contributed by atoms with Gasteiger partial charge in [-0.3, -0.25) is 0 Å². The first-order valence-electron chi connectivity index (χ1n) is 9.81. The van der Waals surface area contributed by atoms with Gasteiger partial charge in [-0.25, -0.2) is 4.79 Å². The highest BCUT2D eigenvalue weighted by Gasteiger charge is 2.09. The number of carbonyl (C=O) groups is 1. The van der Waals surface area contributed by atoms with Gasteiger partial charge in [0.2, 0.25) is 0 Å². The summed E-state index contributed by atoms with van der Waals surface area (Å²) in [7, 11) is 1.35. The fraction of sp³-hybridized carbons (Fsp3) is 0.292. The SMILES string of the molecule is COC(=O)COc1cccc2c(CCSCC(O)CSc3ccccc3)cccc12. The van der Waals surface area contributed by atoms with E-state index < -0.39 is 5.97 Å². The van der Waals surface area contributed by atoms with Gasteiger partial charge < -0.3 is 14.6 Å². The number of aryl methyl sites for hydroxylation is 1. The molecule has 0 radical (unpaired) electrons. The van der Waals surface area contributed by atoms with Crippen molar-refractivity contribution >= 4 is 40.3 Å². The van der Waals surface area contributed by atoms with Gasteiger partial charge in [-0.15, -0.1) is 11.8 Å². The fourth-order valence-corrected chi connectivity index (χ4v) is 4.97. The number of thioether (sulfide) groups is 2. The van der Waals surface area contributed by atoms with Crippen LogP contribution in [0.5, 0.6) is 5.75 Å². The molecule has 0 aliphatic rings. The van der Waals surface area contributed by atoms with E-state index in [2.05, 4.69) is 29.0 Å². The smallest absolute Gasteiger partial charge is 0.343 e. The first kappa shape index (κ1) is 22.5. The van der Waals surface area contributed by atoms with Gasteiger partial charge in [-0.05, 0) is 41.3 Å². The van der Waals surface area contributed by atoms with E-state index >= 15 is 0 Å². The molecule has 3 rings (SSSR count). The number of methoxy groups -OCH3 is 1. The maximum absolute atomic E-state index is 11.4. The van der Waals surface area contributed by atoms with Crippen molar-refractivity contribution in [2.75, 3.05) is 31.0 Å². The Morgan fingerprint density at radius 2 is 1.73 bits per heavy atom. The number of aliphatic hydroxyl groups excluding tert-OH is 1. The molecule has 4 nitrogen and oxygen atoms in total. The predicted molar refractivity (Wildman–Crippen MR) is 126 cm³/mol. The molecule has 1 N–H and O–H groups in total. The molecule has 1 atom stereocenters. The molecule has 0 aliphatic carbocycles. The maximum Gasteiger partial charge on any atom is 0.343 e. The number of benzene rings is 3. The molecule has 30 heavy (non-hydrogen) atoms. The Labute approximate surface area is 186 Å².